The second-order valence-corrected chi connectivity index (χ2v) is 9.09. The van der Waals surface area contributed by atoms with E-state index in [4.69, 9.17) is 9.47 Å². The van der Waals surface area contributed by atoms with Crippen LogP contribution in [-0.2, 0) is 11.3 Å². The summed E-state index contributed by atoms with van der Waals surface area (Å²) in [5, 5.41) is 4.12. The molecule has 8 heteroatoms. The van der Waals surface area contributed by atoms with Crippen LogP contribution >= 0.6 is 0 Å². The quantitative estimate of drug-likeness (QED) is 0.637. The number of nitrogens with zero attached hydrogens (tertiary/aromatic N) is 2. The molecule has 1 aromatic carbocycles. The minimum atomic E-state index is -0.156. The number of amides is 2. The van der Waals surface area contributed by atoms with Gasteiger partial charge in [0.05, 0.1) is 26.9 Å². The van der Waals surface area contributed by atoms with Crippen molar-refractivity contribution in [3.05, 3.63) is 40.2 Å². The molecule has 1 aromatic heterocycles. The summed E-state index contributed by atoms with van der Waals surface area (Å²) in [6, 6.07) is 7.60. The summed E-state index contributed by atoms with van der Waals surface area (Å²) in [5.74, 6) is 0.734. The van der Waals surface area contributed by atoms with E-state index in [0.717, 1.165) is 81.6 Å². The van der Waals surface area contributed by atoms with Crippen LogP contribution in [0.1, 0.15) is 44.1 Å². The van der Waals surface area contributed by atoms with E-state index in [9.17, 15) is 9.59 Å². The van der Waals surface area contributed by atoms with E-state index in [-0.39, 0.29) is 24.2 Å². The molecule has 0 unspecified atom stereocenters. The van der Waals surface area contributed by atoms with E-state index in [2.05, 4.69) is 15.2 Å². The molecule has 4 rings (SSSR count). The van der Waals surface area contributed by atoms with Crippen molar-refractivity contribution in [1.29, 1.82) is 0 Å². The van der Waals surface area contributed by atoms with Crippen LogP contribution in [0.4, 0.5) is 4.79 Å². The number of carbonyl (C=O) groups excluding carboxylic acids is 1. The van der Waals surface area contributed by atoms with Gasteiger partial charge in [-0.25, -0.2) is 4.79 Å². The molecule has 0 radical (unpaired) electrons. The number of methoxy groups -OCH3 is 1. The van der Waals surface area contributed by atoms with Gasteiger partial charge in [0, 0.05) is 48.7 Å². The summed E-state index contributed by atoms with van der Waals surface area (Å²) >= 11 is 0. The zero-order valence-corrected chi connectivity index (χ0v) is 19.6. The first-order chi connectivity index (χ1) is 16.1. The molecule has 1 saturated heterocycles. The van der Waals surface area contributed by atoms with Crippen LogP contribution in [0.5, 0.6) is 5.75 Å². The van der Waals surface area contributed by atoms with Gasteiger partial charge in [0.1, 0.15) is 5.75 Å². The Labute approximate surface area is 195 Å². The third kappa shape index (κ3) is 6.48. The van der Waals surface area contributed by atoms with Gasteiger partial charge < -0.3 is 24.7 Å². The second kappa shape index (κ2) is 11.5. The van der Waals surface area contributed by atoms with Crippen LogP contribution in [0.25, 0.3) is 10.9 Å². The molecule has 2 fully saturated rings. The van der Waals surface area contributed by atoms with Crippen molar-refractivity contribution in [2.45, 2.75) is 51.1 Å². The van der Waals surface area contributed by atoms with Crippen molar-refractivity contribution < 1.29 is 14.3 Å². The molecule has 1 aliphatic carbocycles. The molecule has 180 valence electrons. The first-order valence-corrected chi connectivity index (χ1v) is 12.2. The van der Waals surface area contributed by atoms with Gasteiger partial charge in [0.2, 0.25) is 0 Å². The number of nitrogens with one attached hydrogen (secondary N) is 2. The Hall–Kier alpha value is -2.58. The molecule has 0 atom stereocenters. The van der Waals surface area contributed by atoms with E-state index < -0.39 is 0 Å². The lowest BCUT2D eigenvalue weighted by atomic mass is 9.96. The van der Waals surface area contributed by atoms with Gasteiger partial charge in [-0.1, -0.05) is 19.3 Å². The number of pyridine rings is 1. The number of morpholine rings is 1. The molecule has 33 heavy (non-hydrogen) atoms. The fourth-order valence-electron chi connectivity index (χ4n) is 4.76. The zero-order valence-electron chi connectivity index (χ0n) is 19.6. The summed E-state index contributed by atoms with van der Waals surface area (Å²) in [6.07, 6.45) is 6.48. The highest BCUT2D eigenvalue weighted by Gasteiger charge is 2.21. The predicted octanol–water partition coefficient (Wildman–Crippen LogP) is 3.10. The van der Waals surface area contributed by atoms with E-state index in [1.54, 1.807) is 12.0 Å². The molecule has 2 N–H and O–H groups in total. The average molecular weight is 457 g/mol. The molecule has 2 aliphatic rings. The fraction of sp³-hybridized carbons (Fsp3) is 0.600. The maximum atomic E-state index is 13.2. The summed E-state index contributed by atoms with van der Waals surface area (Å²) < 4.78 is 10.8. The van der Waals surface area contributed by atoms with E-state index in [1.165, 1.54) is 6.42 Å². The topological polar surface area (TPSA) is 86.9 Å². The largest absolute Gasteiger partial charge is 0.497 e. The fourth-order valence-corrected chi connectivity index (χ4v) is 4.76. The number of carbonyl (C=O) groups is 1. The van der Waals surface area contributed by atoms with Gasteiger partial charge in [-0.15, -0.1) is 0 Å². The van der Waals surface area contributed by atoms with Crippen LogP contribution in [0.15, 0.2) is 29.1 Å². The highest BCUT2D eigenvalue weighted by atomic mass is 16.5. The van der Waals surface area contributed by atoms with Crippen molar-refractivity contribution in [1.82, 2.24) is 20.1 Å². The minimum Gasteiger partial charge on any atom is -0.497 e. The van der Waals surface area contributed by atoms with Crippen LogP contribution in [-0.4, -0.2) is 73.4 Å². The first-order valence-electron chi connectivity index (χ1n) is 12.2. The zero-order chi connectivity index (χ0) is 23.0. The maximum Gasteiger partial charge on any atom is 0.317 e. The highest BCUT2D eigenvalue weighted by molar-refractivity contribution is 5.81. The van der Waals surface area contributed by atoms with Crippen molar-refractivity contribution >= 4 is 16.9 Å². The summed E-state index contributed by atoms with van der Waals surface area (Å²) in [4.78, 5) is 33.1. The second-order valence-electron chi connectivity index (χ2n) is 9.09. The van der Waals surface area contributed by atoms with E-state index >= 15 is 0 Å². The van der Waals surface area contributed by atoms with E-state index in [0.29, 0.717) is 12.1 Å². The molecule has 0 bridgehead atoms. The molecule has 8 nitrogen and oxygen atoms in total. The molecule has 1 saturated carbocycles. The number of fused-ring (bicyclic) bond motifs is 1. The highest BCUT2D eigenvalue weighted by Crippen LogP contribution is 2.20. The molecule has 2 aromatic rings. The van der Waals surface area contributed by atoms with Gasteiger partial charge in [-0.05, 0) is 43.5 Å². The standard InChI is InChI=1S/C25H36N4O4/c1-32-22-8-9-23-19(17-22)16-20(24(30)27-23)18-29(11-5-10-28-12-14-33-15-13-28)25(31)26-21-6-3-2-4-7-21/h8-9,16-17,21H,2-7,10-15,18H2,1H3,(H,26,31)(H,27,30). The summed E-state index contributed by atoms with van der Waals surface area (Å²) in [6.45, 7) is 5.20. The number of H-pyrrole nitrogens is 1. The average Bonchev–Trinajstić information content (AvgIpc) is 2.84. The van der Waals surface area contributed by atoms with Crippen LogP contribution in [0.2, 0.25) is 0 Å². The molecule has 2 amide bonds. The summed E-state index contributed by atoms with van der Waals surface area (Å²) in [7, 11) is 1.62. The predicted molar refractivity (Wildman–Crippen MR) is 129 cm³/mol. The van der Waals surface area contributed by atoms with Crippen LogP contribution < -0.4 is 15.6 Å². The Kier molecular flexibility index (Phi) is 8.23. The molecule has 0 spiro atoms. The molecule has 1 aliphatic heterocycles. The van der Waals surface area contributed by atoms with E-state index in [1.807, 2.05) is 24.3 Å². The SMILES string of the molecule is COc1ccc2[nH]c(=O)c(CN(CCCN3CCOCC3)C(=O)NC3CCCCC3)cc2c1. The van der Waals surface area contributed by atoms with Crippen molar-refractivity contribution in [3.8, 4) is 5.75 Å². The molecule has 2 heterocycles. The van der Waals surface area contributed by atoms with Crippen LogP contribution in [0.3, 0.4) is 0 Å². The molecular formula is C25H36N4O4. The van der Waals surface area contributed by atoms with Gasteiger partial charge >= 0.3 is 6.03 Å². The third-order valence-corrected chi connectivity index (χ3v) is 6.72. The van der Waals surface area contributed by atoms with Crippen LogP contribution in [0, 0.1) is 0 Å². The number of aromatic amines is 1. The van der Waals surface area contributed by atoms with Gasteiger partial charge in [-0.2, -0.15) is 0 Å². The smallest absolute Gasteiger partial charge is 0.317 e. The number of hydrogen-bond donors (Lipinski definition) is 2. The number of aromatic nitrogens is 1. The number of rotatable bonds is 8. The lowest BCUT2D eigenvalue weighted by Gasteiger charge is -2.30. The first kappa shape index (κ1) is 23.6. The minimum absolute atomic E-state index is 0.0750. The molecular weight excluding hydrogens is 420 g/mol. The lowest BCUT2D eigenvalue weighted by Crippen LogP contribution is -2.46. The Bertz CT molecular complexity index is 980. The lowest BCUT2D eigenvalue weighted by molar-refractivity contribution is 0.0364. The van der Waals surface area contributed by atoms with Crippen molar-refractivity contribution in [2.75, 3.05) is 46.5 Å². The third-order valence-electron chi connectivity index (χ3n) is 6.72. The van der Waals surface area contributed by atoms with Gasteiger partial charge in [0.15, 0.2) is 0 Å². The Morgan fingerprint density at radius 1 is 1.21 bits per heavy atom. The monoisotopic (exact) mass is 456 g/mol. The normalized spacial score (nSPS) is 17.7. The number of ether oxygens (including phenoxy) is 2. The number of urea groups is 1. The number of hydrogen-bond acceptors (Lipinski definition) is 5. The Morgan fingerprint density at radius 3 is 2.76 bits per heavy atom. The Morgan fingerprint density at radius 2 is 2.00 bits per heavy atom. The van der Waals surface area contributed by atoms with Gasteiger partial charge in [-0.3, -0.25) is 9.69 Å². The van der Waals surface area contributed by atoms with Crippen molar-refractivity contribution in [2.24, 2.45) is 0 Å². The maximum absolute atomic E-state index is 13.2. The Balaban J connectivity index is 1.48. The van der Waals surface area contributed by atoms with Gasteiger partial charge in [0.25, 0.3) is 5.56 Å². The summed E-state index contributed by atoms with van der Waals surface area (Å²) in [5.41, 5.74) is 1.19. The number of benzene rings is 1. The van der Waals surface area contributed by atoms with Crippen molar-refractivity contribution in [3.63, 3.8) is 0 Å².